The van der Waals surface area contributed by atoms with E-state index in [1.807, 2.05) is 31.2 Å². The number of aliphatic carboxylic acids is 1. The summed E-state index contributed by atoms with van der Waals surface area (Å²) in [6, 6.07) is 0. The first-order chi connectivity index (χ1) is 5.63. The second-order valence-corrected chi connectivity index (χ2v) is 2.97. The van der Waals surface area contributed by atoms with Crippen molar-refractivity contribution in [3.63, 3.8) is 0 Å². The molecule has 1 aliphatic carbocycles. The van der Waals surface area contributed by atoms with Gasteiger partial charge >= 0.3 is 5.97 Å². The molecule has 0 amide bonds. The third-order valence-corrected chi connectivity index (χ3v) is 2.18. The molecule has 0 saturated heterocycles. The first kappa shape index (κ1) is 8.78. The Morgan fingerprint density at radius 3 is 2.42 bits per heavy atom. The zero-order valence-corrected chi connectivity index (χ0v) is 7.03. The van der Waals surface area contributed by atoms with E-state index in [1.54, 1.807) is 0 Å². The molecule has 64 valence electrons. The highest BCUT2D eigenvalue weighted by Crippen LogP contribution is 2.24. The van der Waals surface area contributed by atoms with Gasteiger partial charge in [0.25, 0.3) is 0 Å². The number of hydrogen-bond donors (Lipinski definition) is 1. The summed E-state index contributed by atoms with van der Waals surface area (Å²) in [5, 5.41) is 8.67. The van der Waals surface area contributed by atoms with Crippen molar-refractivity contribution in [1.29, 1.82) is 0 Å². The van der Waals surface area contributed by atoms with E-state index >= 15 is 0 Å². The van der Waals surface area contributed by atoms with Gasteiger partial charge in [-0.2, -0.15) is 0 Å². The molecule has 1 unspecified atom stereocenters. The van der Waals surface area contributed by atoms with Crippen molar-refractivity contribution < 1.29 is 9.90 Å². The maximum atomic E-state index is 10.5. The molecule has 0 fully saturated rings. The summed E-state index contributed by atoms with van der Waals surface area (Å²) in [7, 11) is 0. The van der Waals surface area contributed by atoms with Gasteiger partial charge in [-0.05, 0) is 5.92 Å². The zero-order chi connectivity index (χ0) is 9.14. The Hall–Kier alpha value is -1.31. The summed E-state index contributed by atoms with van der Waals surface area (Å²) in [6.45, 7) is 5.41. The van der Waals surface area contributed by atoms with Crippen molar-refractivity contribution in [2.45, 2.75) is 6.92 Å². The third kappa shape index (κ3) is 1.64. The monoisotopic (exact) mass is 164 g/mol. The van der Waals surface area contributed by atoms with Crippen LogP contribution in [-0.2, 0) is 4.79 Å². The van der Waals surface area contributed by atoms with Gasteiger partial charge in [0.2, 0.25) is 0 Å². The fourth-order valence-electron chi connectivity index (χ4n) is 1.21. The largest absolute Gasteiger partial charge is 0.478 e. The van der Waals surface area contributed by atoms with Gasteiger partial charge in [-0.1, -0.05) is 37.8 Å². The predicted molar refractivity (Wildman–Crippen MR) is 47.7 cm³/mol. The lowest BCUT2D eigenvalue weighted by atomic mass is 9.89. The first-order valence-electron chi connectivity index (χ1n) is 3.90. The van der Waals surface area contributed by atoms with E-state index in [1.165, 1.54) is 0 Å². The summed E-state index contributed by atoms with van der Waals surface area (Å²) in [4.78, 5) is 10.5. The van der Waals surface area contributed by atoms with E-state index in [0.717, 1.165) is 0 Å². The molecule has 0 saturated carbocycles. The van der Waals surface area contributed by atoms with Crippen LogP contribution in [-0.4, -0.2) is 11.1 Å². The second-order valence-electron chi connectivity index (χ2n) is 2.97. The summed E-state index contributed by atoms with van der Waals surface area (Å²) in [6.07, 6.45) is 7.82. The topological polar surface area (TPSA) is 37.3 Å². The second kappa shape index (κ2) is 3.39. The summed E-state index contributed by atoms with van der Waals surface area (Å²) >= 11 is 0. The van der Waals surface area contributed by atoms with Crippen molar-refractivity contribution in [3.8, 4) is 0 Å². The minimum absolute atomic E-state index is 0.0162. The van der Waals surface area contributed by atoms with E-state index in [9.17, 15) is 4.79 Å². The van der Waals surface area contributed by atoms with Gasteiger partial charge in [-0.15, -0.1) is 0 Å². The number of carbonyl (C=O) groups is 1. The fraction of sp³-hybridized carbons (Fsp3) is 0.300. The maximum Gasteiger partial charge on any atom is 0.331 e. The highest BCUT2D eigenvalue weighted by Gasteiger charge is 2.20. The van der Waals surface area contributed by atoms with E-state index in [2.05, 4.69) is 6.58 Å². The Morgan fingerprint density at radius 1 is 1.50 bits per heavy atom. The minimum Gasteiger partial charge on any atom is -0.478 e. The van der Waals surface area contributed by atoms with Crippen LogP contribution in [0, 0.1) is 11.8 Å². The molecule has 0 bridgehead atoms. The lowest BCUT2D eigenvalue weighted by Gasteiger charge is -2.15. The van der Waals surface area contributed by atoms with Gasteiger partial charge in [0.15, 0.2) is 0 Å². The van der Waals surface area contributed by atoms with E-state index in [4.69, 9.17) is 5.11 Å². The maximum absolute atomic E-state index is 10.5. The summed E-state index contributed by atoms with van der Waals surface area (Å²) < 4.78 is 0. The van der Waals surface area contributed by atoms with Crippen LogP contribution in [0.15, 0.2) is 36.5 Å². The molecular formula is C10H12O2. The highest BCUT2D eigenvalue weighted by atomic mass is 16.4. The minimum atomic E-state index is -0.906. The molecule has 12 heavy (non-hydrogen) atoms. The number of carboxylic acids is 1. The van der Waals surface area contributed by atoms with Crippen LogP contribution in [0.25, 0.3) is 0 Å². The van der Waals surface area contributed by atoms with Crippen molar-refractivity contribution in [2.75, 3.05) is 0 Å². The number of carboxylic acid groups (broad SMARTS) is 1. The lowest BCUT2D eigenvalue weighted by Crippen LogP contribution is -2.14. The number of hydrogen-bond acceptors (Lipinski definition) is 1. The smallest absolute Gasteiger partial charge is 0.331 e. The summed E-state index contributed by atoms with van der Waals surface area (Å²) in [5.41, 5.74) is 0.274. The van der Waals surface area contributed by atoms with Crippen molar-refractivity contribution in [3.05, 3.63) is 36.5 Å². The average Bonchev–Trinajstić information content (AvgIpc) is 2.53. The van der Waals surface area contributed by atoms with Crippen molar-refractivity contribution in [2.24, 2.45) is 11.8 Å². The molecule has 0 heterocycles. The fourth-order valence-corrected chi connectivity index (χ4v) is 1.21. The molecule has 2 heteroatoms. The molecule has 1 N–H and O–H groups in total. The van der Waals surface area contributed by atoms with Gasteiger partial charge in [0.05, 0.1) is 0 Å². The van der Waals surface area contributed by atoms with Gasteiger partial charge in [0, 0.05) is 11.5 Å². The predicted octanol–water partition coefficient (Wildman–Crippen LogP) is 2.01. The quantitative estimate of drug-likeness (QED) is 0.648. The summed E-state index contributed by atoms with van der Waals surface area (Å²) in [5.74, 6) is -0.720. The number of allylic oxidation sites excluding steroid dienone is 4. The molecule has 0 aromatic rings. The lowest BCUT2D eigenvalue weighted by molar-refractivity contribution is -0.133. The number of rotatable bonds is 3. The highest BCUT2D eigenvalue weighted by molar-refractivity contribution is 5.86. The van der Waals surface area contributed by atoms with Crippen LogP contribution >= 0.6 is 0 Å². The molecule has 1 rings (SSSR count). The average molecular weight is 164 g/mol. The van der Waals surface area contributed by atoms with Gasteiger partial charge < -0.3 is 5.11 Å². The standard InChI is InChI=1S/C10H12O2/c1-7(8(2)10(11)12)9-5-3-4-6-9/h3-7,9H,2H2,1H3,(H,11,12). The Balaban J connectivity index is 2.64. The Labute approximate surface area is 71.9 Å². The van der Waals surface area contributed by atoms with Crippen LogP contribution in [0.1, 0.15) is 6.92 Å². The van der Waals surface area contributed by atoms with Crippen LogP contribution in [0.2, 0.25) is 0 Å². The normalized spacial score (nSPS) is 18.1. The Morgan fingerprint density at radius 2 is 2.00 bits per heavy atom. The van der Waals surface area contributed by atoms with E-state index in [-0.39, 0.29) is 17.4 Å². The SMILES string of the molecule is C=C(C(=O)O)C(C)C1C=CC=C1. The Bertz CT molecular complexity index is 249. The molecule has 1 aliphatic rings. The van der Waals surface area contributed by atoms with Crippen LogP contribution in [0.4, 0.5) is 0 Å². The molecule has 2 nitrogen and oxygen atoms in total. The van der Waals surface area contributed by atoms with Gasteiger partial charge in [-0.25, -0.2) is 4.79 Å². The Kier molecular flexibility index (Phi) is 2.48. The van der Waals surface area contributed by atoms with Crippen LogP contribution < -0.4 is 0 Å². The molecule has 0 aromatic carbocycles. The molecular weight excluding hydrogens is 152 g/mol. The molecule has 0 spiro atoms. The van der Waals surface area contributed by atoms with Crippen molar-refractivity contribution in [1.82, 2.24) is 0 Å². The first-order valence-corrected chi connectivity index (χ1v) is 3.90. The van der Waals surface area contributed by atoms with Crippen LogP contribution in [0.3, 0.4) is 0 Å². The zero-order valence-electron chi connectivity index (χ0n) is 7.03. The van der Waals surface area contributed by atoms with Gasteiger partial charge in [0.1, 0.15) is 0 Å². The van der Waals surface area contributed by atoms with E-state index in [0.29, 0.717) is 0 Å². The van der Waals surface area contributed by atoms with Crippen LogP contribution in [0.5, 0.6) is 0 Å². The molecule has 0 radical (unpaired) electrons. The third-order valence-electron chi connectivity index (χ3n) is 2.18. The van der Waals surface area contributed by atoms with Gasteiger partial charge in [-0.3, -0.25) is 0 Å². The molecule has 1 atom stereocenters. The molecule has 0 aromatic heterocycles. The molecule has 0 aliphatic heterocycles. The van der Waals surface area contributed by atoms with Crippen molar-refractivity contribution >= 4 is 5.97 Å². The van der Waals surface area contributed by atoms with E-state index < -0.39 is 5.97 Å².